The zero-order valence-electron chi connectivity index (χ0n) is 17.8. The lowest BCUT2D eigenvalue weighted by atomic mass is 9.84. The fourth-order valence-corrected chi connectivity index (χ4v) is 3.46. The Morgan fingerprint density at radius 2 is 1.15 bits per heavy atom. The first-order valence-corrected chi connectivity index (χ1v) is 10.6. The summed E-state index contributed by atoms with van der Waals surface area (Å²) < 4.78 is 18.0. The van der Waals surface area contributed by atoms with Crippen LogP contribution >= 0.6 is 0 Å². The molecule has 26 heavy (non-hydrogen) atoms. The highest BCUT2D eigenvalue weighted by Gasteiger charge is 2.55. The largest absolute Gasteiger partial charge is 0.326 e. The third-order valence-electron chi connectivity index (χ3n) is 4.72. The Bertz CT molecular complexity index is 365. The molecule has 0 aromatic carbocycles. The molecule has 0 saturated carbocycles. The normalized spacial score (nSPS) is 14.0. The molecule has 0 aliphatic rings. The summed E-state index contributed by atoms with van der Waals surface area (Å²) >= 11 is 0. The number of hydrogen-bond donors (Lipinski definition) is 0. The van der Waals surface area contributed by atoms with Crippen molar-refractivity contribution in [3.8, 4) is 0 Å². The highest BCUT2D eigenvalue weighted by molar-refractivity contribution is 5.35. The van der Waals surface area contributed by atoms with Gasteiger partial charge in [-0.25, -0.2) is 4.79 Å². The molecule has 5 nitrogen and oxygen atoms in total. The monoisotopic (exact) mass is 371 g/mol. The van der Waals surface area contributed by atoms with E-state index in [1.807, 2.05) is 20.8 Å². The summed E-state index contributed by atoms with van der Waals surface area (Å²) in [4.78, 5) is 15.6. The van der Waals surface area contributed by atoms with Crippen molar-refractivity contribution in [2.45, 2.75) is 110 Å². The molecule has 0 aromatic rings. The van der Waals surface area contributed by atoms with Crippen LogP contribution in [-0.2, 0) is 19.0 Å². The molecule has 0 rings (SSSR count). The first-order valence-electron chi connectivity index (χ1n) is 10.6. The average Bonchev–Trinajstić information content (AvgIpc) is 2.63. The molecule has 0 saturated heterocycles. The molecule has 0 fully saturated rings. The van der Waals surface area contributed by atoms with Crippen LogP contribution in [0.3, 0.4) is 0 Å². The van der Waals surface area contributed by atoms with Gasteiger partial charge in [0.1, 0.15) is 0 Å². The number of ether oxygens (including phenoxy) is 3. The molecule has 0 radical (unpaired) electrons. The standard InChI is InChI=1S/C21H41NO4/c1-6-11-13-14-15-16-18-20(22-19-23,17-12-7-2)21(24-8-3,25-9-4)26-10-5/h6-18H2,1-5H3. The third kappa shape index (κ3) is 7.87. The molecule has 1 atom stereocenters. The zero-order valence-corrected chi connectivity index (χ0v) is 17.8. The molecule has 1 unspecified atom stereocenters. The summed E-state index contributed by atoms with van der Waals surface area (Å²) in [5.41, 5.74) is -0.850. The number of isocyanates is 1. The van der Waals surface area contributed by atoms with E-state index >= 15 is 0 Å². The Labute approximate surface area is 160 Å². The van der Waals surface area contributed by atoms with Crippen LogP contribution in [0, 0.1) is 0 Å². The Morgan fingerprint density at radius 1 is 0.692 bits per heavy atom. The van der Waals surface area contributed by atoms with Crippen molar-refractivity contribution < 1.29 is 19.0 Å². The average molecular weight is 372 g/mol. The smallest absolute Gasteiger partial charge is 0.310 e. The molecular formula is C21H41NO4. The van der Waals surface area contributed by atoms with Gasteiger partial charge in [0, 0.05) is 19.8 Å². The molecular weight excluding hydrogens is 330 g/mol. The van der Waals surface area contributed by atoms with Gasteiger partial charge in [-0.3, -0.25) is 0 Å². The van der Waals surface area contributed by atoms with Gasteiger partial charge in [0.15, 0.2) is 5.54 Å². The van der Waals surface area contributed by atoms with Gasteiger partial charge in [0.05, 0.1) is 0 Å². The van der Waals surface area contributed by atoms with Crippen molar-refractivity contribution in [2.24, 2.45) is 4.99 Å². The Hall–Kier alpha value is -0.740. The van der Waals surface area contributed by atoms with E-state index in [1.165, 1.54) is 25.7 Å². The maximum atomic E-state index is 11.4. The molecule has 0 spiro atoms. The van der Waals surface area contributed by atoms with E-state index in [9.17, 15) is 4.79 Å². The lowest BCUT2D eigenvalue weighted by molar-refractivity contribution is -0.407. The van der Waals surface area contributed by atoms with Gasteiger partial charge in [-0.2, -0.15) is 4.99 Å². The lowest BCUT2D eigenvalue weighted by Gasteiger charge is -2.45. The van der Waals surface area contributed by atoms with E-state index in [4.69, 9.17) is 14.2 Å². The van der Waals surface area contributed by atoms with Crippen molar-refractivity contribution in [3.63, 3.8) is 0 Å². The summed E-state index contributed by atoms with van der Waals surface area (Å²) in [5.74, 6) is -1.32. The fraction of sp³-hybridized carbons (Fsp3) is 0.952. The van der Waals surface area contributed by atoms with Crippen molar-refractivity contribution in [1.82, 2.24) is 0 Å². The second-order valence-corrected chi connectivity index (χ2v) is 6.71. The lowest BCUT2D eigenvalue weighted by Crippen LogP contribution is -2.58. The molecule has 0 aliphatic carbocycles. The summed E-state index contributed by atoms with van der Waals surface area (Å²) in [5, 5.41) is 0. The van der Waals surface area contributed by atoms with E-state index in [0.717, 1.165) is 25.7 Å². The molecule has 0 aromatic heterocycles. The van der Waals surface area contributed by atoms with Crippen molar-refractivity contribution in [1.29, 1.82) is 0 Å². The van der Waals surface area contributed by atoms with Crippen LogP contribution in [0.25, 0.3) is 0 Å². The van der Waals surface area contributed by atoms with E-state index in [0.29, 0.717) is 32.7 Å². The first kappa shape index (κ1) is 25.3. The second kappa shape index (κ2) is 15.3. The number of nitrogens with zero attached hydrogens (tertiary/aromatic N) is 1. The minimum absolute atomic E-state index is 0.429. The Morgan fingerprint density at radius 3 is 1.62 bits per heavy atom. The van der Waals surface area contributed by atoms with Gasteiger partial charge in [0.25, 0.3) is 0 Å². The van der Waals surface area contributed by atoms with E-state index in [-0.39, 0.29) is 0 Å². The van der Waals surface area contributed by atoms with Gasteiger partial charge in [-0.1, -0.05) is 65.2 Å². The van der Waals surface area contributed by atoms with Crippen LogP contribution in [0.15, 0.2) is 4.99 Å². The molecule has 0 heterocycles. The molecule has 0 N–H and O–H groups in total. The SMILES string of the molecule is CCCCCCCCC(CCCC)(N=C=O)C(OCC)(OCC)OCC. The second-order valence-electron chi connectivity index (χ2n) is 6.71. The Balaban J connectivity index is 5.53. The predicted octanol–water partition coefficient (Wildman–Crippen LogP) is 5.77. The number of rotatable bonds is 18. The molecule has 0 amide bonds. The van der Waals surface area contributed by atoms with Crippen molar-refractivity contribution in [3.05, 3.63) is 0 Å². The zero-order chi connectivity index (χ0) is 19.7. The number of carbonyl (C=O) groups excluding carboxylic acids is 1. The predicted molar refractivity (Wildman–Crippen MR) is 106 cm³/mol. The van der Waals surface area contributed by atoms with Gasteiger partial charge in [0.2, 0.25) is 6.08 Å². The van der Waals surface area contributed by atoms with Gasteiger partial charge < -0.3 is 14.2 Å². The molecule has 0 bridgehead atoms. The van der Waals surface area contributed by atoms with E-state index in [1.54, 1.807) is 6.08 Å². The van der Waals surface area contributed by atoms with Crippen molar-refractivity contribution >= 4 is 6.08 Å². The summed E-state index contributed by atoms with van der Waals surface area (Å²) in [6, 6.07) is 0. The third-order valence-corrected chi connectivity index (χ3v) is 4.72. The highest BCUT2D eigenvalue weighted by Crippen LogP contribution is 2.41. The molecule has 5 heteroatoms. The quantitative estimate of drug-likeness (QED) is 0.133. The van der Waals surface area contributed by atoms with Crippen LogP contribution < -0.4 is 0 Å². The van der Waals surface area contributed by atoms with Crippen LogP contribution in [-0.4, -0.2) is 37.4 Å². The first-order chi connectivity index (χ1) is 12.6. The van der Waals surface area contributed by atoms with Gasteiger partial charge >= 0.3 is 5.97 Å². The topological polar surface area (TPSA) is 57.1 Å². The molecule has 0 aliphatic heterocycles. The Kier molecular flexibility index (Phi) is 14.9. The van der Waals surface area contributed by atoms with Crippen LogP contribution in [0.5, 0.6) is 0 Å². The molecule has 154 valence electrons. The maximum Gasteiger partial charge on any atom is 0.310 e. The van der Waals surface area contributed by atoms with Gasteiger partial charge in [-0.15, -0.1) is 0 Å². The summed E-state index contributed by atoms with van der Waals surface area (Å²) in [6.07, 6.45) is 12.2. The summed E-state index contributed by atoms with van der Waals surface area (Å²) in [6.45, 7) is 11.4. The number of unbranched alkanes of at least 4 members (excludes halogenated alkanes) is 6. The maximum absolute atomic E-state index is 11.4. The van der Waals surface area contributed by atoms with Crippen LogP contribution in [0.2, 0.25) is 0 Å². The number of aliphatic imine (C=N–C) groups is 1. The number of hydrogen-bond acceptors (Lipinski definition) is 5. The van der Waals surface area contributed by atoms with Gasteiger partial charge in [-0.05, 0) is 33.6 Å². The van der Waals surface area contributed by atoms with E-state index < -0.39 is 11.5 Å². The minimum Gasteiger partial charge on any atom is -0.326 e. The van der Waals surface area contributed by atoms with Crippen LogP contribution in [0.4, 0.5) is 0 Å². The van der Waals surface area contributed by atoms with Crippen LogP contribution in [0.1, 0.15) is 98.8 Å². The van der Waals surface area contributed by atoms with Crippen molar-refractivity contribution in [2.75, 3.05) is 19.8 Å². The fourth-order valence-electron chi connectivity index (χ4n) is 3.46. The summed E-state index contributed by atoms with van der Waals surface area (Å²) in [7, 11) is 0. The highest BCUT2D eigenvalue weighted by atomic mass is 16.9. The van der Waals surface area contributed by atoms with E-state index in [2.05, 4.69) is 18.8 Å². The minimum atomic E-state index is -1.32.